The Bertz CT molecular complexity index is 2840. The lowest BCUT2D eigenvalue weighted by molar-refractivity contribution is 0.608. The molecule has 11 rings (SSSR count). The van der Waals surface area contributed by atoms with Crippen LogP contribution in [0.1, 0.15) is 88.4 Å². The van der Waals surface area contributed by atoms with Crippen molar-refractivity contribution in [1.29, 1.82) is 0 Å². The summed E-state index contributed by atoms with van der Waals surface area (Å²) in [6.45, 7) is 4.00. The molecule has 61 heavy (non-hydrogen) atoms. The Morgan fingerprint density at radius 2 is 1.07 bits per heavy atom. The molecule has 1 heteroatoms. The van der Waals surface area contributed by atoms with E-state index in [9.17, 15) is 0 Å². The van der Waals surface area contributed by atoms with Crippen LogP contribution in [0.4, 0.5) is 0 Å². The second-order valence-corrected chi connectivity index (χ2v) is 16.3. The van der Waals surface area contributed by atoms with E-state index in [4.69, 9.17) is 0 Å². The minimum atomic E-state index is -0.517. The summed E-state index contributed by atoms with van der Waals surface area (Å²) in [6.07, 6.45) is 14.5. The lowest BCUT2D eigenvalue weighted by Gasteiger charge is -2.50. The van der Waals surface area contributed by atoms with Gasteiger partial charge in [0.2, 0.25) is 0 Å². The van der Waals surface area contributed by atoms with Gasteiger partial charge in [-0.15, -0.1) is 0 Å². The lowest BCUT2D eigenvalue weighted by Crippen LogP contribution is -2.44. The van der Waals surface area contributed by atoms with Crippen LogP contribution < -0.4 is 5.32 Å². The molecule has 1 heterocycles. The fraction of sp³-hybridized carbons (Fsp3) is 0.133. The monoisotopic (exact) mass is 785 g/mol. The second kappa shape index (κ2) is 16.2. The van der Waals surface area contributed by atoms with Gasteiger partial charge in [-0.2, -0.15) is 0 Å². The minimum absolute atomic E-state index is 0.0823. The van der Waals surface area contributed by atoms with Crippen LogP contribution in [0.5, 0.6) is 0 Å². The maximum atomic E-state index is 3.88. The molecule has 1 aliphatic heterocycles. The van der Waals surface area contributed by atoms with Crippen LogP contribution in [0.15, 0.2) is 241 Å². The molecule has 7 aromatic rings. The Kier molecular flexibility index (Phi) is 10.2. The van der Waals surface area contributed by atoms with Gasteiger partial charge in [-0.25, -0.2) is 0 Å². The summed E-state index contributed by atoms with van der Waals surface area (Å²) >= 11 is 0. The van der Waals surface area contributed by atoms with E-state index in [1.54, 1.807) is 0 Å². The maximum absolute atomic E-state index is 3.88. The highest BCUT2D eigenvalue weighted by Gasteiger charge is 2.58. The van der Waals surface area contributed by atoms with Gasteiger partial charge in [0.15, 0.2) is 0 Å². The molecule has 3 atom stereocenters. The van der Waals surface area contributed by atoms with Crippen molar-refractivity contribution in [1.82, 2.24) is 5.32 Å². The van der Waals surface area contributed by atoms with E-state index in [1.807, 2.05) is 13.8 Å². The Balaban J connectivity index is 0.00000220. The van der Waals surface area contributed by atoms with Gasteiger partial charge in [0, 0.05) is 5.70 Å². The summed E-state index contributed by atoms with van der Waals surface area (Å²) in [5.74, 6) is 0. The number of allylic oxidation sites excluding steroid dienone is 8. The molecule has 0 radical (unpaired) electrons. The van der Waals surface area contributed by atoms with Crippen molar-refractivity contribution in [3.05, 3.63) is 297 Å². The molecule has 0 saturated carbocycles. The van der Waals surface area contributed by atoms with Gasteiger partial charge in [-0.05, 0) is 91.6 Å². The summed E-state index contributed by atoms with van der Waals surface area (Å²) in [7, 11) is 0. The van der Waals surface area contributed by atoms with Crippen LogP contribution in [-0.2, 0) is 17.3 Å². The van der Waals surface area contributed by atoms with Crippen LogP contribution in [-0.4, -0.2) is 0 Å². The normalized spacial score (nSPS) is 20.8. The highest BCUT2D eigenvalue weighted by Crippen LogP contribution is 2.67. The van der Waals surface area contributed by atoms with Gasteiger partial charge < -0.3 is 5.32 Å². The number of nitrogens with one attached hydrogen (secondary N) is 1. The first-order valence-electron chi connectivity index (χ1n) is 22.0. The summed E-state index contributed by atoms with van der Waals surface area (Å²) in [6, 6.07) is 72.4. The van der Waals surface area contributed by atoms with Crippen molar-refractivity contribution in [3.63, 3.8) is 0 Å². The SMILES string of the molecule is C1=CCC2=C3C(=C1)c1ccccc1C3(c1ccccc1)c1ccccc1C2(c1ccccc1)c1ccc(CC2=CC(c3ccccc3)NC(c3ccccc3)=CC2)cc1.CC. The highest BCUT2D eigenvalue weighted by atomic mass is 14.9. The predicted molar refractivity (Wildman–Crippen MR) is 255 cm³/mol. The van der Waals surface area contributed by atoms with Crippen LogP contribution in [0, 0.1) is 0 Å². The highest BCUT2D eigenvalue weighted by molar-refractivity contribution is 5.98. The van der Waals surface area contributed by atoms with Crippen LogP contribution >= 0.6 is 0 Å². The van der Waals surface area contributed by atoms with Crippen molar-refractivity contribution in [2.75, 3.05) is 0 Å². The quantitative estimate of drug-likeness (QED) is 0.159. The topological polar surface area (TPSA) is 12.0 Å². The first-order chi connectivity index (χ1) is 30.3. The van der Waals surface area contributed by atoms with Crippen LogP contribution in [0.25, 0.3) is 11.3 Å². The number of rotatable bonds is 7. The molecular formula is C60H51N. The first kappa shape index (κ1) is 38.3. The zero-order valence-corrected chi connectivity index (χ0v) is 35.1. The van der Waals surface area contributed by atoms with Crippen molar-refractivity contribution in [3.8, 4) is 0 Å². The molecule has 3 unspecified atom stereocenters. The summed E-state index contributed by atoms with van der Waals surface area (Å²) in [4.78, 5) is 0. The summed E-state index contributed by atoms with van der Waals surface area (Å²) in [5, 5.41) is 3.88. The van der Waals surface area contributed by atoms with Crippen molar-refractivity contribution >= 4 is 11.3 Å². The predicted octanol–water partition coefficient (Wildman–Crippen LogP) is 14.3. The van der Waals surface area contributed by atoms with Gasteiger partial charge in [-0.1, -0.05) is 244 Å². The van der Waals surface area contributed by atoms with Gasteiger partial charge in [0.1, 0.15) is 0 Å². The fourth-order valence-corrected chi connectivity index (χ4v) is 10.8. The number of hydrogen-bond acceptors (Lipinski definition) is 1. The van der Waals surface area contributed by atoms with E-state index < -0.39 is 10.8 Å². The molecule has 0 fully saturated rings. The number of fused-ring (bicyclic) bond motifs is 5. The fourth-order valence-electron chi connectivity index (χ4n) is 10.8. The molecule has 0 amide bonds. The standard InChI is InChI=1S/C58H45N.C2H6/c1-5-19-43(20-6-1)54-38-35-42(40-55(59-54)44-21-7-2-8-22-44)39-41-33-36-47(37-34-41)57(45-23-9-3-10-24-45)51-30-17-18-31-52(51)58(46-25-11-4-12-26-46)50-29-15-13-27-48(50)49-28-14-16-32-53(57)56(49)58;1-2/h1-31,33-34,36-38,40,55,59H,32,35,39H2;1-2H3. The van der Waals surface area contributed by atoms with E-state index >= 15 is 0 Å². The van der Waals surface area contributed by atoms with Crippen molar-refractivity contribution < 1.29 is 0 Å². The molecule has 0 saturated heterocycles. The molecule has 0 bridgehead atoms. The molecule has 0 aromatic heterocycles. The zero-order valence-electron chi connectivity index (χ0n) is 35.1. The summed E-state index contributed by atoms with van der Waals surface area (Å²) < 4.78 is 0. The maximum Gasteiger partial charge on any atom is 0.0717 e. The molecule has 296 valence electrons. The molecule has 1 N–H and O–H groups in total. The Morgan fingerprint density at radius 3 is 1.74 bits per heavy atom. The van der Waals surface area contributed by atoms with Gasteiger partial charge >= 0.3 is 0 Å². The largest absolute Gasteiger partial charge is 0.374 e. The average molecular weight is 786 g/mol. The van der Waals surface area contributed by atoms with Gasteiger partial charge in [0.05, 0.1) is 16.9 Å². The third kappa shape index (κ3) is 6.22. The average Bonchev–Trinajstić information content (AvgIpc) is 3.49. The summed E-state index contributed by atoms with van der Waals surface area (Å²) in [5.41, 5.74) is 19.0. The second-order valence-electron chi connectivity index (χ2n) is 16.3. The minimum Gasteiger partial charge on any atom is -0.374 e. The Hall–Kier alpha value is -6.96. The molecule has 1 nitrogen and oxygen atoms in total. The van der Waals surface area contributed by atoms with E-state index in [0.29, 0.717) is 0 Å². The first-order valence-corrected chi connectivity index (χ1v) is 22.0. The van der Waals surface area contributed by atoms with Gasteiger partial charge in [-0.3, -0.25) is 0 Å². The molecular weight excluding hydrogens is 735 g/mol. The number of benzene rings is 7. The zero-order chi connectivity index (χ0) is 41.2. The molecule has 4 aliphatic rings. The van der Waals surface area contributed by atoms with Crippen molar-refractivity contribution in [2.24, 2.45) is 0 Å². The lowest BCUT2D eigenvalue weighted by atomic mass is 9.51. The van der Waals surface area contributed by atoms with Crippen LogP contribution in [0.2, 0.25) is 0 Å². The third-order valence-electron chi connectivity index (χ3n) is 13.2. The Morgan fingerprint density at radius 1 is 0.525 bits per heavy atom. The van der Waals surface area contributed by atoms with Crippen LogP contribution in [0.3, 0.4) is 0 Å². The van der Waals surface area contributed by atoms with E-state index in [1.165, 1.54) is 83.6 Å². The van der Waals surface area contributed by atoms with E-state index in [-0.39, 0.29) is 6.04 Å². The van der Waals surface area contributed by atoms with E-state index in [0.717, 1.165) is 19.3 Å². The smallest absolute Gasteiger partial charge is 0.0717 e. The van der Waals surface area contributed by atoms with Gasteiger partial charge in [0.25, 0.3) is 0 Å². The molecule has 7 aromatic carbocycles. The third-order valence-corrected chi connectivity index (χ3v) is 13.2. The molecule has 0 spiro atoms. The number of hydrogen-bond donors (Lipinski definition) is 1. The Labute approximate surface area is 361 Å². The van der Waals surface area contributed by atoms with E-state index in [2.05, 4.69) is 230 Å². The molecule has 3 aliphatic carbocycles. The van der Waals surface area contributed by atoms with Crippen molar-refractivity contribution in [2.45, 2.75) is 50.0 Å².